The van der Waals surface area contributed by atoms with Crippen LogP contribution in [0.4, 0.5) is 0 Å². The number of methoxy groups -OCH3 is 1. The molecule has 6 nitrogen and oxygen atoms in total. The van der Waals surface area contributed by atoms with Gasteiger partial charge in [0.25, 0.3) is 11.1 Å². The van der Waals surface area contributed by atoms with Gasteiger partial charge < -0.3 is 14.5 Å². The average molecular weight is 373 g/mol. The van der Waals surface area contributed by atoms with E-state index in [0.717, 1.165) is 12.0 Å². The zero-order valence-corrected chi connectivity index (χ0v) is 15.7. The summed E-state index contributed by atoms with van der Waals surface area (Å²) in [6.07, 6.45) is 8.13. The van der Waals surface area contributed by atoms with Crippen LogP contribution < -0.4 is 10.1 Å². The number of allylic oxidation sites excluding steroid dienone is 1. The number of nitrogens with zero attached hydrogens (tertiary/aromatic N) is 2. The Kier molecular flexibility index (Phi) is 6.71. The van der Waals surface area contributed by atoms with Crippen LogP contribution in [0.2, 0.25) is 0 Å². The standard InChI is InChI=1S/C19H23N3O3S/c1-24-16-10-6-5-9-15(16)18-21-22-19(25-18)26-13-17(23)20-12-11-14-7-3-2-4-8-14/h5-7,9-10H,2-4,8,11-13H2,1H3,(H,20,23). The van der Waals surface area contributed by atoms with Gasteiger partial charge in [-0.25, -0.2) is 0 Å². The third-order valence-corrected chi connectivity index (χ3v) is 5.04. The molecular weight excluding hydrogens is 350 g/mol. The molecule has 2 aromatic rings. The Morgan fingerprint density at radius 2 is 2.19 bits per heavy atom. The second-order valence-corrected chi connectivity index (χ2v) is 7.00. The molecule has 1 aliphatic carbocycles. The monoisotopic (exact) mass is 373 g/mol. The summed E-state index contributed by atoms with van der Waals surface area (Å²) in [5.74, 6) is 1.28. The van der Waals surface area contributed by atoms with E-state index in [-0.39, 0.29) is 11.7 Å². The molecule has 1 N–H and O–H groups in total. The number of thioether (sulfide) groups is 1. The number of carbonyl (C=O) groups is 1. The van der Waals surface area contributed by atoms with Gasteiger partial charge >= 0.3 is 0 Å². The van der Waals surface area contributed by atoms with Crippen molar-refractivity contribution in [3.63, 3.8) is 0 Å². The highest BCUT2D eigenvalue weighted by Crippen LogP contribution is 2.30. The number of aromatic nitrogens is 2. The number of rotatable bonds is 8. The zero-order chi connectivity index (χ0) is 18.2. The molecule has 1 aromatic heterocycles. The van der Waals surface area contributed by atoms with E-state index in [1.165, 1.54) is 43.0 Å². The molecule has 1 amide bonds. The highest BCUT2D eigenvalue weighted by atomic mass is 32.2. The summed E-state index contributed by atoms with van der Waals surface area (Å²) in [5.41, 5.74) is 2.20. The van der Waals surface area contributed by atoms with Crippen LogP contribution in [0.1, 0.15) is 32.1 Å². The molecule has 1 heterocycles. The minimum Gasteiger partial charge on any atom is -0.496 e. The van der Waals surface area contributed by atoms with Gasteiger partial charge in [0.05, 0.1) is 18.4 Å². The summed E-state index contributed by atoms with van der Waals surface area (Å²) in [5, 5.41) is 11.4. The molecule has 1 aromatic carbocycles. The molecule has 138 valence electrons. The maximum atomic E-state index is 12.0. The van der Waals surface area contributed by atoms with E-state index in [4.69, 9.17) is 9.15 Å². The fraction of sp³-hybridized carbons (Fsp3) is 0.421. The lowest BCUT2D eigenvalue weighted by Gasteiger charge is -2.12. The van der Waals surface area contributed by atoms with Crippen molar-refractivity contribution in [1.29, 1.82) is 0 Å². The average Bonchev–Trinajstić information content (AvgIpc) is 3.16. The normalized spacial score (nSPS) is 14.0. The highest BCUT2D eigenvalue weighted by Gasteiger charge is 2.14. The van der Waals surface area contributed by atoms with Gasteiger partial charge in [0.2, 0.25) is 5.91 Å². The van der Waals surface area contributed by atoms with Crippen LogP contribution in [0, 0.1) is 0 Å². The third kappa shape index (κ3) is 5.11. The quantitative estimate of drug-likeness (QED) is 0.559. The Balaban J connectivity index is 1.45. The van der Waals surface area contributed by atoms with Gasteiger partial charge in [0, 0.05) is 6.54 Å². The summed E-state index contributed by atoms with van der Waals surface area (Å²) < 4.78 is 10.9. The largest absolute Gasteiger partial charge is 0.496 e. The Morgan fingerprint density at radius 1 is 1.31 bits per heavy atom. The molecule has 26 heavy (non-hydrogen) atoms. The summed E-state index contributed by atoms with van der Waals surface area (Å²) in [6.45, 7) is 0.682. The van der Waals surface area contributed by atoms with Crippen molar-refractivity contribution in [3.05, 3.63) is 35.9 Å². The molecule has 0 aliphatic heterocycles. The third-order valence-electron chi connectivity index (χ3n) is 4.22. The highest BCUT2D eigenvalue weighted by molar-refractivity contribution is 7.99. The molecule has 0 saturated heterocycles. The van der Waals surface area contributed by atoms with E-state index >= 15 is 0 Å². The SMILES string of the molecule is COc1ccccc1-c1nnc(SCC(=O)NCCC2=CCCCC2)o1. The maximum absolute atomic E-state index is 12.0. The van der Waals surface area contributed by atoms with Crippen molar-refractivity contribution in [2.45, 2.75) is 37.3 Å². The molecule has 0 unspecified atom stereocenters. The van der Waals surface area contributed by atoms with Gasteiger partial charge in [0.15, 0.2) is 0 Å². The number of carbonyl (C=O) groups excluding carboxylic acids is 1. The van der Waals surface area contributed by atoms with Gasteiger partial charge in [-0.1, -0.05) is 35.5 Å². The molecule has 0 radical (unpaired) electrons. The van der Waals surface area contributed by atoms with Crippen LogP contribution in [0.15, 0.2) is 45.6 Å². The molecular formula is C19H23N3O3S. The number of hydrogen-bond acceptors (Lipinski definition) is 6. The fourth-order valence-corrected chi connectivity index (χ4v) is 3.46. The van der Waals surface area contributed by atoms with Crippen molar-refractivity contribution in [3.8, 4) is 17.2 Å². The van der Waals surface area contributed by atoms with Gasteiger partial charge in [-0.3, -0.25) is 4.79 Å². The van der Waals surface area contributed by atoms with Crippen LogP contribution in [0.3, 0.4) is 0 Å². The summed E-state index contributed by atoms with van der Waals surface area (Å²) >= 11 is 1.24. The van der Waals surface area contributed by atoms with Crippen LogP contribution >= 0.6 is 11.8 Å². The number of hydrogen-bond donors (Lipinski definition) is 1. The van der Waals surface area contributed by atoms with E-state index in [9.17, 15) is 4.79 Å². The number of benzene rings is 1. The van der Waals surface area contributed by atoms with E-state index in [1.807, 2.05) is 24.3 Å². The van der Waals surface area contributed by atoms with Crippen molar-refractivity contribution < 1.29 is 13.9 Å². The van der Waals surface area contributed by atoms with Crippen LogP contribution in [-0.4, -0.2) is 35.5 Å². The second kappa shape index (κ2) is 9.43. The van der Waals surface area contributed by atoms with Crippen molar-refractivity contribution in [2.24, 2.45) is 0 Å². The Bertz CT molecular complexity index is 773. The first-order chi connectivity index (χ1) is 12.8. The van der Waals surface area contributed by atoms with Crippen molar-refractivity contribution >= 4 is 17.7 Å². The smallest absolute Gasteiger partial charge is 0.277 e. The molecule has 0 bridgehead atoms. The predicted octanol–water partition coefficient (Wildman–Crippen LogP) is 3.84. The Morgan fingerprint density at radius 3 is 3.00 bits per heavy atom. The lowest BCUT2D eigenvalue weighted by Crippen LogP contribution is -2.26. The Hall–Kier alpha value is -2.28. The Labute approximate surface area is 157 Å². The first-order valence-electron chi connectivity index (χ1n) is 8.80. The van der Waals surface area contributed by atoms with E-state index in [2.05, 4.69) is 21.6 Å². The van der Waals surface area contributed by atoms with E-state index < -0.39 is 0 Å². The van der Waals surface area contributed by atoms with Crippen LogP contribution in [-0.2, 0) is 4.79 Å². The molecule has 1 aliphatic rings. The molecule has 0 fully saturated rings. The maximum Gasteiger partial charge on any atom is 0.277 e. The van der Waals surface area contributed by atoms with E-state index in [0.29, 0.717) is 23.4 Å². The molecule has 0 atom stereocenters. The first kappa shape index (κ1) is 18.5. The number of para-hydroxylation sites is 1. The lowest BCUT2D eigenvalue weighted by atomic mass is 9.97. The van der Waals surface area contributed by atoms with Crippen LogP contribution in [0.5, 0.6) is 5.75 Å². The predicted molar refractivity (Wildman–Crippen MR) is 101 cm³/mol. The first-order valence-corrected chi connectivity index (χ1v) is 9.79. The topological polar surface area (TPSA) is 77.2 Å². The molecule has 0 saturated carbocycles. The molecule has 3 rings (SSSR count). The summed E-state index contributed by atoms with van der Waals surface area (Å²) in [4.78, 5) is 12.0. The molecule has 0 spiro atoms. The van der Waals surface area contributed by atoms with Crippen LogP contribution in [0.25, 0.3) is 11.5 Å². The number of nitrogens with one attached hydrogen (secondary N) is 1. The zero-order valence-electron chi connectivity index (χ0n) is 14.9. The number of ether oxygens (including phenoxy) is 1. The van der Waals surface area contributed by atoms with Gasteiger partial charge in [-0.15, -0.1) is 10.2 Å². The second-order valence-electron chi connectivity index (χ2n) is 6.07. The minimum atomic E-state index is -0.0246. The van der Waals surface area contributed by atoms with Gasteiger partial charge in [0.1, 0.15) is 5.75 Å². The fourth-order valence-electron chi connectivity index (χ4n) is 2.87. The number of amides is 1. The summed E-state index contributed by atoms with van der Waals surface area (Å²) in [7, 11) is 1.60. The minimum absolute atomic E-state index is 0.0246. The van der Waals surface area contributed by atoms with Crippen molar-refractivity contribution in [2.75, 3.05) is 19.4 Å². The van der Waals surface area contributed by atoms with E-state index in [1.54, 1.807) is 7.11 Å². The summed E-state index contributed by atoms with van der Waals surface area (Å²) in [6, 6.07) is 7.45. The molecule has 7 heteroatoms. The lowest BCUT2D eigenvalue weighted by molar-refractivity contribution is -0.118. The van der Waals surface area contributed by atoms with Gasteiger partial charge in [-0.2, -0.15) is 0 Å². The van der Waals surface area contributed by atoms with Crippen molar-refractivity contribution in [1.82, 2.24) is 15.5 Å². The van der Waals surface area contributed by atoms with Gasteiger partial charge in [-0.05, 0) is 44.2 Å².